The fraction of sp³-hybridized carbons (Fsp3) is 0.583. The molecule has 2 aromatic rings. The molecule has 3 nitrogen and oxygen atoms in total. The number of anilines is 1. The van der Waals surface area contributed by atoms with Gasteiger partial charge in [-0.3, -0.25) is 4.90 Å². The van der Waals surface area contributed by atoms with Crippen LogP contribution in [0.1, 0.15) is 50.1 Å². The fourth-order valence-corrected chi connectivity index (χ4v) is 5.24. The summed E-state index contributed by atoms with van der Waals surface area (Å²) in [4.78, 5) is 5.28. The fourth-order valence-electron chi connectivity index (χ4n) is 5.03. The molecule has 2 fully saturated rings. The van der Waals surface area contributed by atoms with E-state index < -0.39 is 0 Å². The molecule has 0 radical (unpaired) electrons. The van der Waals surface area contributed by atoms with E-state index in [1.165, 1.54) is 47.6 Å². The highest BCUT2D eigenvalue weighted by molar-refractivity contribution is 6.18. The van der Waals surface area contributed by atoms with Gasteiger partial charge in [0.25, 0.3) is 0 Å². The highest BCUT2D eigenvalue weighted by atomic mass is 35.5. The maximum Gasteiger partial charge on any atom is 0.0586 e. The Morgan fingerprint density at radius 3 is 2.43 bits per heavy atom. The standard InChI is InChI=1S/C24H34ClN3/c1-4-6-20-7-9-21(10-8-20)28-19(3)17-23(22(28)5-2)26-15-16-27(14-13-25)24(18-26)11-12-24/h7-10,17H,4-6,11-16,18H2,1-3H3. The van der Waals surface area contributed by atoms with Crippen molar-refractivity contribution < 1.29 is 0 Å². The largest absolute Gasteiger partial charge is 0.367 e. The number of benzene rings is 1. The molecule has 1 aromatic carbocycles. The lowest BCUT2D eigenvalue weighted by Gasteiger charge is -2.43. The summed E-state index contributed by atoms with van der Waals surface area (Å²) in [6.07, 6.45) is 6.05. The Balaban J connectivity index is 1.62. The molecular formula is C24H34ClN3. The summed E-state index contributed by atoms with van der Waals surface area (Å²) in [6, 6.07) is 11.6. The summed E-state index contributed by atoms with van der Waals surface area (Å²) in [5.41, 5.74) is 7.33. The van der Waals surface area contributed by atoms with Gasteiger partial charge in [-0.2, -0.15) is 0 Å². The first-order valence-electron chi connectivity index (χ1n) is 11.0. The Hall–Kier alpha value is -1.45. The summed E-state index contributed by atoms with van der Waals surface area (Å²) in [7, 11) is 0. The van der Waals surface area contributed by atoms with E-state index in [0.29, 0.717) is 5.54 Å². The lowest BCUT2D eigenvalue weighted by molar-refractivity contribution is 0.168. The van der Waals surface area contributed by atoms with Gasteiger partial charge in [-0.25, -0.2) is 0 Å². The van der Waals surface area contributed by atoms with Crippen molar-refractivity contribution in [1.29, 1.82) is 0 Å². The van der Waals surface area contributed by atoms with Gasteiger partial charge in [-0.1, -0.05) is 32.4 Å². The number of piperazine rings is 1. The highest BCUT2D eigenvalue weighted by Gasteiger charge is 2.51. The molecule has 28 heavy (non-hydrogen) atoms. The molecule has 0 N–H and O–H groups in total. The van der Waals surface area contributed by atoms with Gasteiger partial charge in [-0.15, -0.1) is 11.6 Å². The molecule has 1 aromatic heterocycles. The minimum atomic E-state index is 0.385. The van der Waals surface area contributed by atoms with Crippen LogP contribution >= 0.6 is 11.6 Å². The molecule has 1 aliphatic heterocycles. The van der Waals surface area contributed by atoms with Crippen molar-refractivity contribution in [2.75, 3.05) is 37.0 Å². The van der Waals surface area contributed by atoms with Gasteiger partial charge >= 0.3 is 0 Å². The monoisotopic (exact) mass is 399 g/mol. The Kier molecular flexibility index (Phi) is 5.76. The second-order valence-corrected chi connectivity index (χ2v) is 8.92. The van der Waals surface area contributed by atoms with Crippen LogP contribution in [0.4, 0.5) is 5.69 Å². The Morgan fingerprint density at radius 1 is 1.07 bits per heavy atom. The molecule has 1 saturated carbocycles. The van der Waals surface area contributed by atoms with Gasteiger partial charge in [0.05, 0.1) is 5.69 Å². The number of alkyl halides is 1. The Labute approximate surface area is 175 Å². The van der Waals surface area contributed by atoms with E-state index in [-0.39, 0.29) is 0 Å². The number of aromatic nitrogens is 1. The summed E-state index contributed by atoms with van der Waals surface area (Å²) >= 11 is 6.06. The zero-order valence-corrected chi connectivity index (χ0v) is 18.4. The van der Waals surface area contributed by atoms with Crippen LogP contribution in [0.5, 0.6) is 0 Å². The molecule has 0 amide bonds. The van der Waals surface area contributed by atoms with Crippen LogP contribution in [0.25, 0.3) is 5.69 Å². The van der Waals surface area contributed by atoms with Crippen LogP contribution in [0.15, 0.2) is 30.3 Å². The third-order valence-corrected chi connectivity index (χ3v) is 6.82. The van der Waals surface area contributed by atoms with Gasteiger partial charge in [0.2, 0.25) is 0 Å². The highest BCUT2D eigenvalue weighted by Crippen LogP contribution is 2.45. The minimum Gasteiger partial charge on any atom is -0.367 e. The number of aryl methyl sites for hydroxylation is 2. The van der Waals surface area contributed by atoms with E-state index in [0.717, 1.165) is 44.9 Å². The molecule has 2 aliphatic rings. The first-order chi connectivity index (χ1) is 13.6. The number of nitrogens with zero attached hydrogens (tertiary/aromatic N) is 3. The summed E-state index contributed by atoms with van der Waals surface area (Å²) < 4.78 is 2.47. The topological polar surface area (TPSA) is 11.4 Å². The normalized spacial score (nSPS) is 18.8. The van der Waals surface area contributed by atoms with Crippen LogP contribution in [0.2, 0.25) is 0 Å². The average Bonchev–Trinajstić information content (AvgIpc) is 3.38. The zero-order chi connectivity index (χ0) is 19.7. The van der Waals surface area contributed by atoms with Crippen molar-refractivity contribution in [3.63, 3.8) is 0 Å². The van der Waals surface area contributed by atoms with Crippen molar-refractivity contribution in [3.8, 4) is 5.69 Å². The van der Waals surface area contributed by atoms with E-state index in [9.17, 15) is 0 Å². The van der Waals surface area contributed by atoms with Crippen LogP contribution in [0.3, 0.4) is 0 Å². The molecule has 1 saturated heterocycles. The zero-order valence-electron chi connectivity index (χ0n) is 17.7. The molecule has 0 unspecified atom stereocenters. The summed E-state index contributed by atoms with van der Waals surface area (Å²) in [6.45, 7) is 11.2. The van der Waals surface area contributed by atoms with Crippen LogP contribution in [0, 0.1) is 6.92 Å². The van der Waals surface area contributed by atoms with Gasteiger partial charge in [-0.05, 0) is 56.4 Å². The summed E-state index contributed by atoms with van der Waals surface area (Å²) in [5, 5.41) is 0. The summed E-state index contributed by atoms with van der Waals surface area (Å²) in [5.74, 6) is 0.742. The predicted octanol–water partition coefficient (Wildman–Crippen LogP) is 5.19. The maximum atomic E-state index is 6.06. The molecule has 2 heterocycles. The van der Waals surface area contributed by atoms with Gasteiger partial charge < -0.3 is 9.47 Å². The number of hydrogen-bond acceptors (Lipinski definition) is 2. The lowest BCUT2D eigenvalue weighted by atomic mass is 10.1. The number of halogens is 1. The average molecular weight is 400 g/mol. The van der Waals surface area contributed by atoms with Crippen molar-refractivity contribution in [2.24, 2.45) is 0 Å². The SMILES string of the molecule is CCCc1ccc(-n2c(C)cc(N3CCN(CCCl)C4(CC4)C3)c2CC)cc1. The van der Waals surface area contributed by atoms with E-state index in [1.54, 1.807) is 0 Å². The number of rotatable bonds is 7. The molecule has 4 heteroatoms. The second kappa shape index (κ2) is 8.12. The smallest absolute Gasteiger partial charge is 0.0586 e. The van der Waals surface area contributed by atoms with E-state index in [2.05, 4.69) is 65.5 Å². The van der Waals surface area contributed by atoms with Gasteiger partial charge in [0, 0.05) is 54.7 Å². The Morgan fingerprint density at radius 2 is 1.82 bits per heavy atom. The van der Waals surface area contributed by atoms with Crippen LogP contribution in [-0.2, 0) is 12.8 Å². The van der Waals surface area contributed by atoms with Gasteiger partial charge in [0.15, 0.2) is 0 Å². The second-order valence-electron chi connectivity index (χ2n) is 8.54. The number of hydrogen-bond donors (Lipinski definition) is 0. The molecule has 0 bridgehead atoms. The first-order valence-corrected chi connectivity index (χ1v) is 11.5. The molecular weight excluding hydrogens is 366 g/mol. The molecule has 4 rings (SSSR count). The third kappa shape index (κ3) is 3.59. The van der Waals surface area contributed by atoms with E-state index in [1.807, 2.05) is 0 Å². The van der Waals surface area contributed by atoms with Crippen LogP contribution in [-0.4, -0.2) is 47.1 Å². The molecule has 152 valence electrons. The first kappa shape index (κ1) is 19.8. The molecule has 1 aliphatic carbocycles. The van der Waals surface area contributed by atoms with Crippen molar-refractivity contribution in [2.45, 2.75) is 58.4 Å². The van der Waals surface area contributed by atoms with Crippen molar-refractivity contribution >= 4 is 17.3 Å². The Bertz CT molecular complexity index is 804. The predicted molar refractivity (Wildman–Crippen MR) is 120 cm³/mol. The third-order valence-electron chi connectivity index (χ3n) is 6.65. The van der Waals surface area contributed by atoms with Crippen molar-refractivity contribution in [1.82, 2.24) is 9.47 Å². The minimum absolute atomic E-state index is 0.385. The lowest BCUT2D eigenvalue weighted by Crippen LogP contribution is -2.55. The van der Waals surface area contributed by atoms with E-state index >= 15 is 0 Å². The van der Waals surface area contributed by atoms with Crippen LogP contribution < -0.4 is 4.90 Å². The van der Waals surface area contributed by atoms with Crippen molar-refractivity contribution in [3.05, 3.63) is 47.3 Å². The quantitative estimate of drug-likeness (QED) is 0.593. The van der Waals surface area contributed by atoms with E-state index in [4.69, 9.17) is 11.6 Å². The molecule has 1 spiro atoms. The van der Waals surface area contributed by atoms with Gasteiger partial charge in [0.1, 0.15) is 0 Å². The maximum absolute atomic E-state index is 6.06. The molecule has 0 atom stereocenters.